The van der Waals surface area contributed by atoms with Crippen LogP contribution >= 0.6 is 0 Å². The van der Waals surface area contributed by atoms with E-state index in [9.17, 15) is 0 Å². The van der Waals surface area contributed by atoms with E-state index in [1.54, 1.807) is 0 Å². The summed E-state index contributed by atoms with van der Waals surface area (Å²) < 4.78 is 5.49. The summed E-state index contributed by atoms with van der Waals surface area (Å²) in [5.41, 5.74) is 0. The Morgan fingerprint density at radius 3 is 2.81 bits per heavy atom. The summed E-state index contributed by atoms with van der Waals surface area (Å²) in [5.74, 6) is 0.653. The van der Waals surface area contributed by atoms with Crippen molar-refractivity contribution in [3.05, 3.63) is 5.89 Å². The number of rotatable bonds is 5. The molecule has 0 radical (unpaired) electrons. The fourth-order valence-corrected chi connectivity index (χ4v) is 2.04. The molecule has 1 aliphatic carbocycles. The molecule has 5 heteroatoms. The number of hydrogen-bond donors (Lipinski definition) is 2. The number of aromatic nitrogens is 2. The van der Waals surface area contributed by atoms with Crippen LogP contribution in [0.15, 0.2) is 4.42 Å². The molecule has 90 valence electrons. The molecule has 16 heavy (non-hydrogen) atoms. The van der Waals surface area contributed by atoms with Crippen LogP contribution in [-0.4, -0.2) is 22.8 Å². The van der Waals surface area contributed by atoms with Gasteiger partial charge in [-0.2, -0.15) is 0 Å². The number of anilines is 1. The third-order valence-electron chi connectivity index (χ3n) is 2.93. The van der Waals surface area contributed by atoms with Gasteiger partial charge >= 0.3 is 6.01 Å². The molecule has 0 atom stereocenters. The minimum atomic E-state index is 0.515. The van der Waals surface area contributed by atoms with Gasteiger partial charge in [0, 0.05) is 6.04 Å². The molecule has 0 unspecified atom stereocenters. The Morgan fingerprint density at radius 1 is 1.25 bits per heavy atom. The van der Waals surface area contributed by atoms with Crippen LogP contribution in [0.4, 0.5) is 6.01 Å². The summed E-state index contributed by atoms with van der Waals surface area (Å²) in [6, 6.07) is 1.08. The topological polar surface area (TPSA) is 63.0 Å². The zero-order chi connectivity index (χ0) is 11.2. The van der Waals surface area contributed by atoms with Crippen LogP contribution in [0.25, 0.3) is 0 Å². The second kappa shape index (κ2) is 5.84. The van der Waals surface area contributed by atoms with E-state index in [0.717, 1.165) is 6.54 Å². The first-order valence-corrected chi connectivity index (χ1v) is 6.18. The minimum Gasteiger partial charge on any atom is -0.407 e. The van der Waals surface area contributed by atoms with Crippen LogP contribution in [0.3, 0.4) is 0 Å². The number of nitrogens with zero attached hydrogens (tertiary/aromatic N) is 2. The summed E-state index contributed by atoms with van der Waals surface area (Å²) in [6.07, 6.45) is 6.38. The maximum absolute atomic E-state index is 5.49. The zero-order valence-corrected chi connectivity index (χ0v) is 9.83. The Hall–Kier alpha value is -1.10. The van der Waals surface area contributed by atoms with Gasteiger partial charge in [0.25, 0.3) is 0 Å². The quantitative estimate of drug-likeness (QED) is 0.800. The smallest absolute Gasteiger partial charge is 0.315 e. The van der Waals surface area contributed by atoms with Gasteiger partial charge in [0.15, 0.2) is 0 Å². The van der Waals surface area contributed by atoms with Gasteiger partial charge < -0.3 is 15.1 Å². The summed E-state index contributed by atoms with van der Waals surface area (Å²) in [6.45, 7) is 3.61. The fraction of sp³-hybridized carbons (Fsp3) is 0.818. The van der Waals surface area contributed by atoms with E-state index >= 15 is 0 Å². The number of nitrogens with one attached hydrogen (secondary N) is 2. The van der Waals surface area contributed by atoms with Gasteiger partial charge in [-0.25, -0.2) is 0 Å². The second-order valence-electron chi connectivity index (χ2n) is 4.26. The van der Waals surface area contributed by atoms with Crippen molar-refractivity contribution in [2.75, 3.05) is 11.9 Å². The molecule has 0 amide bonds. The van der Waals surface area contributed by atoms with Gasteiger partial charge in [-0.15, -0.1) is 5.10 Å². The summed E-state index contributed by atoms with van der Waals surface area (Å²) in [5, 5.41) is 14.4. The van der Waals surface area contributed by atoms with Crippen molar-refractivity contribution >= 4 is 6.01 Å². The Balaban J connectivity index is 1.81. The van der Waals surface area contributed by atoms with Crippen molar-refractivity contribution in [2.24, 2.45) is 0 Å². The lowest BCUT2D eigenvalue weighted by atomic mass is 9.96. The van der Waals surface area contributed by atoms with E-state index in [2.05, 4.69) is 27.8 Å². The third kappa shape index (κ3) is 3.20. The zero-order valence-electron chi connectivity index (χ0n) is 9.83. The highest BCUT2D eigenvalue weighted by Gasteiger charge is 2.15. The minimum absolute atomic E-state index is 0.515. The molecular weight excluding hydrogens is 204 g/mol. The first-order valence-electron chi connectivity index (χ1n) is 6.18. The van der Waals surface area contributed by atoms with Crippen LogP contribution in [0.5, 0.6) is 0 Å². The molecule has 2 rings (SSSR count). The van der Waals surface area contributed by atoms with E-state index in [4.69, 9.17) is 4.42 Å². The van der Waals surface area contributed by atoms with E-state index in [1.165, 1.54) is 32.1 Å². The molecular formula is C11H20N4O. The molecule has 1 aromatic heterocycles. The van der Waals surface area contributed by atoms with E-state index < -0.39 is 0 Å². The largest absolute Gasteiger partial charge is 0.407 e. The van der Waals surface area contributed by atoms with Crippen molar-refractivity contribution < 1.29 is 4.42 Å². The second-order valence-corrected chi connectivity index (χ2v) is 4.26. The van der Waals surface area contributed by atoms with Gasteiger partial charge in [0.2, 0.25) is 5.89 Å². The van der Waals surface area contributed by atoms with Crippen LogP contribution in [0.2, 0.25) is 0 Å². The Bertz CT molecular complexity index is 307. The van der Waals surface area contributed by atoms with Crippen molar-refractivity contribution in [3.63, 3.8) is 0 Å². The average molecular weight is 224 g/mol. The van der Waals surface area contributed by atoms with Gasteiger partial charge in [-0.1, -0.05) is 31.3 Å². The molecule has 0 aromatic carbocycles. The Kier molecular flexibility index (Phi) is 4.16. The average Bonchev–Trinajstić information content (AvgIpc) is 2.75. The summed E-state index contributed by atoms with van der Waals surface area (Å²) >= 11 is 0. The van der Waals surface area contributed by atoms with E-state index in [1.807, 2.05) is 0 Å². The first-order chi connectivity index (χ1) is 7.88. The maximum atomic E-state index is 5.49. The van der Waals surface area contributed by atoms with Crippen molar-refractivity contribution in [1.29, 1.82) is 0 Å². The Labute approximate surface area is 96.0 Å². The molecule has 1 heterocycles. The molecule has 0 spiro atoms. The molecule has 1 aliphatic rings. The normalized spacial score (nSPS) is 17.6. The lowest BCUT2D eigenvalue weighted by Crippen LogP contribution is -2.22. The molecule has 2 N–H and O–H groups in total. The SMILES string of the molecule is CCNCc1nnc(NC2CCCCC2)o1. The highest BCUT2D eigenvalue weighted by Crippen LogP contribution is 2.20. The predicted molar refractivity (Wildman–Crippen MR) is 62.2 cm³/mol. The molecule has 1 aromatic rings. The van der Waals surface area contributed by atoms with Gasteiger partial charge in [-0.3, -0.25) is 0 Å². The van der Waals surface area contributed by atoms with Gasteiger partial charge in [0.1, 0.15) is 0 Å². The highest BCUT2D eigenvalue weighted by molar-refractivity contribution is 5.19. The molecule has 0 aliphatic heterocycles. The number of hydrogen-bond acceptors (Lipinski definition) is 5. The van der Waals surface area contributed by atoms with E-state index in [-0.39, 0.29) is 0 Å². The summed E-state index contributed by atoms with van der Waals surface area (Å²) in [7, 11) is 0. The molecule has 5 nitrogen and oxygen atoms in total. The van der Waals surface area contributed by atoms with Crippen LogP contribution < -0.4 is 10.6 Å². The first kappa shape index (κ1) is 11.4. The van der Waals surface area contributed by atoms with E-state index in [0.29, 0.717) is 24.5 Å². The molecule has 1 fully saturated rings. The highest BCUT2D eigenvalue weighted by atomic mass is 16.4. The lowest BCUT2D eigenvalue weighted by Gasteiger charge is -2.21. The maximum Gasteiger partial charge on any atom is 0.315 e. The molecule has 0 bridgehead atoms. The van der Waals surface area contributed by atoms with Gasteiger partial charge in [-0.05, 0) is 19.4 Å². The molecule has 1 saturated carbocycles. The van der Waals surface area contributed by atoms with Crippen molar-refractivity contribution in [1.82, 2.24) is 15.5 Å². The third-order valence-corrected chi connectivity index (χ3v) is 2.93. The van der Waals surface area contributed by atoms with Crippen LogP contribution in [-0.2, 0) is 6.54 Å². The van der Waals surface area contributed by atoms with Gasteiger partial charge in [0.05, 0.1) is 6.54 Å². The lowest BCUT2D eigenvalue weighted by molar-refractivity contribution is 0.436. The van der Waals surface area contributed by atoms with Crippen molar-refractivity contribution in [2.45, 2.75) is 51.6 Å². The monoisotopic (exact) mass is 224 g/mol. The van der Waals surface area contributed by atoms with Crippen LogP contribution in [0, 0.1) is 0 Å². The Morgan fingerprint density at radius 2 is 2.06 bits per heavy atom. The molecule has 0 saturated heterocycles. The standard InChI is InChI=1S/C11H20N4O/c1-2-12-8-10-14-15-11(16-10)13-9-6-4-3-5-7-9/h9,12H,2-8H2,1H3,(H,13,15). The van der Waals surface area contributed by atoms with Crippen molar-refractivity contribution in [3.8, 4) is 0 Å². The predicted octanol–water partition coefficient (Wildman–Crippen LogP) is 1.92. The van der Waals surface area contributed by atoms with Crippen LogP contribution in [0.1, 0.15) is 44.9 Å². The fourth-order valence-electron chi connectivity index (χ4n) is 2.04. The summed E-state index contributed by atoms with van der Waals surface area (Å²) in [4.78, 5) is 0.